The summed E-state index contributed by atoms with van der Waals surface area (Å²) in [7, 11) is -1.08. The molecule has 0 spiro atoms. The first-order chi connectivity index (χ1) is 14.4. The molecule has 9 heteroatoms. The predicted octanol–water partition coefficient (Wildman–Crippen LogP) is 2.44. The molecule has 0 bridgehead atoms. The van der Waals surface area contributed by atoms with Gasteiger partial charge in [-0.1, -0.05) is 12.1 Å². The van der Waals surface area contributed by atoms with Gasteiger partial charge < -0.3 is 19.5 Å². The van der Waals surface area contributed by atoms with E-state index >= 15 is 0 Å². The third kappa shape index (κ3) is 6.11. The monoisotopic (exact) mass is 436 g/mol. The van der Waals surface area contributed by atoms with Gasteiger partial charge in [-0.2, -0.15) is 0 Å². The van der Waals surface area contributed by atoms with Gasteiger partial charge in [0.15, 0.2) is 0 Å². The number of carbonyl (C=O) groups is 1. The Kier molecular flexibility index (Phi) is 8.94. The Labute approximate surface area is 177 Å². The zero-order valence-electron chi connectivity index (χ0n) is 17.5. The van der Waals surface area contributed by atoms with Gasteiger partial charge in [-0.25, -0.2) is 8.42 Å². The highest BCUT2D eigenvalue weighted by Crippen LogP contribution is 2.32. The molecule has 0 fully saturated rings. The first-order valence-corrected chi connectivity index (χ1v) is 11.0. The predicted molar refractivity (Wildman–Crippen MR) is 115 cm³/mol. The van der Waals surface area contributed by atoms with E-state index in [2.05, 4.69) is 5.32 Å². The first-order valence-electron chi connectivity index (χ1n) is 9.58. The summed E-state index contributed by atoms with van der Waals surface area (Å²) in [5, 5.41) is 2.74. The summed E-state index contributed by atoms with van der Waals surface area (Å²) >= 11 is 0. The minimum atomic E-state index is -4.03. The van der Waals surface area contributed by atoms with Crippen molar-refractivity contribution in [3.63, 3.8) is 0 Å². The van der Waals surface area contributed by atoms with E-state index in [-0.39, 0.29) is 17.1 Å². The minimum absolute atomic E-state index is 0.0401. The highest BCUT2D eigenvalue weighted by Gasteiger charge is 2.29. The van der Waals surface area contributed by atoms with Crippen molar-refractivity contribution >= 4 is 21.6 Å². The normalized spacial score (nSPS) is 11.0. The fourth-order valence-electron chi connectivity index (χ4n) is 2.74. The molecule has 164 valence electrons. The summed E-state index contributed by atoms with van der Waals surface area (Å²) < 4.78 is 43.5. The molecule has 0 aromatic heterocycles. The van der Waals surface area contributed by atoms with Gasteiger partial charge in [-0.05, 0) is 49.7 Å². The summed E-state index contributed by atoms with van der Waals surface area (Å²) in [5.74, 6) is 0.457. The Balaban J connectivity index is 2.30. The van der Waals surface area contributed by atoms with Crippen molar-refractivity contribution in [1.29, 1.82) is 0 Å². The molecule has 0 radical (unpaired) electrons. The Morgan fingerprint density at radius 3 is 2.37 bits per heavy atom. The van der Waals surface area contributed by atoms with Crippen LogP contribution in [0, 0.1) is 0 Å². The van der Waals surface area contributed by atoms with Crippen molar-refractivity contribution in [3.05, 3.63) is 48.5 Å². The lowest BCUT2D eigenvalue weighted by Gasteiger charge is -2.25. The highest BCUT2D eigenvalue weighted by atomic mass is 32.2. The average Bonchev–Trinajstić information content (AvgIpc) is 2.77. The summed E-state index contributed by atoms with van der Waals surface area (Å²) in [6, 6.07) is 12.7. The molecule has 0 unspecified atom stereocenters. The molecular formula is C21H28N2O6S. The number of ether oxygens (including phenoxy) is 3. The maximum atomic E-state index is 13.4. The zero-order chi connectivity index (χ0) is 22.0. The molecule has 30 heavy (non-hydrogen) atoms. The van der Waals surface area contributed by atoms with Crippen LogP contribution in [-0.4, -0.2) is 54.8 Å². The number of hydrogen-bond donors (Lipinski definition) is 1. The van der Waals surface area contributed by atoms with E-state index in [4.69, 9.17) is 14.2 Å². The second-order valence-corrected chi connectivity index (χ2v) is 8.12. The molecule has 0 aliphatic carbocycles. The van der Waals surface area contributed by atoms with Crippen LogP contribution in [0.2, 0.25) is 0 Å². The molecule has 0 heterocycles. The summed E-state index contributed by atoms with van der Waals surface area (Å²) in [4.78, 5) is 12.6. The fraction of sp³-hybridized carbons (Fsp3) is 0.381. The number of benzene rings is 2. The maximum absolute atomic E-state index is 13.4. The van der Waals surface area contributed by atoms with Crippen LogP contribution in [0.3, 0.4) is 0 Å². The lowest BCUT2D eigenvalue weighted by molar-refractivity contribution is -0.119. The second-order valence-electron chi connectivity index (χ2n) is 6.26. The number of methoxy groups -OCH3 is 2. The van der Waals surface area contributed by atoms with Gasteiger partial charge in [-0.3, -0.25) is 9.10 Å². The number of hydrogen-bond acceptors (Lipinski definition) is 6. The SMILES string of the molecule is CCOCCCNC(=O)CN(c1ccccc1OC)S(=O)(=O)c1ccc(OC)cc1. The van der Waals surface area contributed by atoms with Gasteiger partial charge in [0.1, 0.15) is 18.0 Å². The van der Waals surface area contributed by atoms with Crippen molar-refractivity contribution < 1.29 is 27.4 Å². The van der Waals surface area contributed by atoms with Crippen LogP contribution < -0.4 is 19.1 Å². The highest BCUT2D eigenvalue weighted by molar-refractivity contribution is 7.92. The Morgan fingerprint density at radius 1 is 1.03 bits per heavy atom. The summed E-state index contributed by atoms with van der Waals surface area (Å²) in [6.45, 7) is 3.03. The van der Waals surface area contributed by atoms with Crippen LogP contribution in [0.25, 0.3) is 0 Å². The lowest BCUT2D eigenvalue weighted by atomic mass is 10.3. The Morgan fingerprint density at radius 2 is 1.73 bits per heavy atom. The number of amides is 1. The van der Waals surface area contributed by atoms with E-state index in [1.54, 1.807) is 36.4 Å². The first kappa shape index (κ1) is 23.5. The van der Waals surface area contributed by atoms with Crippen LogP contribution in [0.5, 0.6) is 11.5 Å². The molecule has 0 aliphatic heterocycles. The van der Waals surface area contributed by atoms with E-state index < -0.39 is 15.9 Å². The van der Waals surface area contributed by atoms with Gasteiger partial charge in [-0.15, -0.1) is 0 Å². The molecule has 2 rings (SSSR count). The summed E-state index contributed by atoms with van der Waals surface area (Å²) in [6.07, 6.45) is 0.638. The van der Waals surface area contributed by atoms with E-state index in [0.717, 1.165) is 4.31 Å². The van der Waals surface area contributed by atoms with Gasteiger partial charge >= 0.3 is 0 Å². The molecule has 0 saturated heterocycles. The van der Waals surface area contributed by atoms with Gasteiger partial charge in [0.2, 0.25) is 5.91 Å². The molecular weight excluding hydrogens is 408 g/mol. The molecule has 2 aromatic rings. The zero-order valence-corrected chi connectivity index (χ0v) is 18.3. The van der Waals surface area contributed by atoms with Crippen molar-refractivity contribution in [1.82, 2.24) is 5.32 Å². The third-order valence-corrected chi connectivity index (χ3v) is 6.05. The van der Waals surface area contributed by atoms with Gasteiger partial charge in [0.25, 0.3) is 10.0 Å². The van der Waals surface area contributed by atoms with Crippen molar-refractivity contribution in [2.45, 2.75) is 18.2 Å². The molecule has 0 aliphatic rings. The number of nitrogens with zero attached hydrogens (tertiary/aromatic N) is 1. The van der Waals surface area contributed by atoms with Crippen LogP contribution in [0.4, 0.5) is 5.69 Å². The summed E-state index contributed by atoms with van der Waals surface area (Å²) in [5.41, 5.74) is 0.278. The number of para-hydroxylation sites is 2. The van der Waals surface area contributed by atoms with Gasteiger partial charge in [0.05, 0.1) is 24.8 Å². The van der Waals surface area contributed by atoms with Crippen LogP contribution in [0.1, 0.15) is 13.3 Å². The number of anilines is 1. The topological polar surface area (TPSA) is 94.2 Å². The van der Waals surface area contributed by atoms with E-state index in [1.807, 2.05) is 6.92 Å². The fourth-order valence-corrected chi connectivity index (χ4v) is 4.17. The lowest BCUT2D eigenvalue weighted by Crippen LogP contribution is -2.41. The Hall–Kier alpha value is -2.78. The van der Waals surface area contributed by atoms with Crippen LogP contribution in [0.15, 0.2) is 53.4 Å². The quantitative estimate of drug-likeness (QED) is 0.514. The maximum Gasteiger partial charge on any atom is 0.264 e. The van der Waals surface area contributed by atoms with E-state index in [0.29, 0.717) is 37.7 Å². The average molecular weight is 437 g/mol. The molecule has 2 aromatic carbocycles. The van der Waals surface area contributed by atoms with Crippen molar-refractivity contribution in [2.75, 3.05) is 44.8 Å². The van der Waals surface area contributed by atoms with Crippen LogP contribution in [-0.2, 0) is 19.6 Å². The van der Waals surface area contributed by atoms with E-state index in [1.165, 1.54) is 26.4 Å². The third-order valence-electron chi connectivity index (χ3n) is 4.28. The van der Waals surface area contributed by atoms with Crippen molar-refractivity contribution in [3.8, 4) is 11.5 Å². The molecule has 0 saturated carbocycles. The Bertz CT molecular complexity index is 915. The standard InChI is InChI=1S/C21H28N2O6S/c1-4-29-15-7-14-22-21(24)16-23(19-8-5-6-9-20(19)28-3)30(25,26)18-12-10-17(27-2)11-13-18/h5-6,8-13H,4,7,14-16H2,1-3H3,(H,22,24). The van der Waals surface area contributed by atoms with Crippen molar-refractivity contribution in [2.24, 2.45) is 0 Å². The molecule has 1 amide bonds. The van der Waals surface area contributed by atoms with Crippen LogP contribution >= 0.6 is 0 Å². The minimum Gasteiger partial charge on any atom is -0.497 e. The second kappa shape index (κ2) is 11.4. The number of rotatable bonds is 12. The van der Waals surface area contributed by atoms with E-state index in [9.17, 15) is 13.2 Å². The molecule has 1 N–H and O–H groups in total. The number of carbonyl (C=O) groups excluding carboxylic acids is 1. The number of sulfonamides is 1. The molecule has 0 atom stereocenters. The smallest absolute Gasteiger partial charge is 0.264 e. The van der Waals surface area contributed by atoms with Gasteiger partial charge in [0, 0.05) is 19.8 Å². The largest absolute Gasteiger partial charge is 0.497 e. The number of nitrogens with one attached hydrogen (secondary N) is 1. The molecule has 8 nitrogen and oxygen atoms in total.